The highest BCUT2D eigenvalue weighted by molar-refractivity contribution is 9.10. The van der Waals surface area contributed by atoms with Gasteiger partial charge in [0.2, 0.25) is 0 Å². The highest BCUT2D eigenvalue weighted by Gasteiger charge is 2.40. The average Bonchev–Trinajstić information content (AvgIpc) is 3.09. The number of methoxy groups -OCH3 is 1. The lowest BCUT2D eigenvalue weighted by atomic mass is 10.1. The molecule has 1 saturated heterocycles. The molecule has 6 nitrogen and oxygen atoms in total. The van der Waals surface area contributed by atoms with Crippen molar-refractivity contribution < 1.29 is 19.1 Å². The van der Waals surface area contributed by atoms with E-state index in [1.165, 1.54) is 16.9 Å². The van der Waals surface area contributed by atoms with E-state index in [1.807, 2.05) is 0 Å². The van der Waals surface area contributed by atoms with Crippen molar-refractivity contribution in [2.45, 2.75) is 6.61 Å². The Hall–Kier alpha value is -2.62. The lowest BCUT2D eigenvalue weighted by Gasteiger charge is -2.19. The fourth-order valence-electron chi connectivity index (χ4n) is 3.52. The van der Waals surface area contributed by atoms with Crippen molar-refractivity contribution in [3.63, 3.8) is 0 Å². The Morgan fingerprint density at radius 1 is 1.03 bits per heavy atom. The third-order valence-corrected chi connectivity index (χ3v) is 7.25. The van der Waals surface area contributed by atoms with Crippen LogP contribution in [0.5, 0.6) is 5.75 Å². The molecule has 1 heterocycles. The maximum absolute atomic E-state index is 13.4. The number of anilines is 1. The smallest absolute Gasteiger partial charge is 0.325 e. The zero-order valence-electron chi connectivity index (χ0n) is 19.2. The molecule has 0 radical (unpaired) electrons. The first-order valence-electron chi connectivity index (χ1n) is 10.7. The van der Waals surface area contributed by atoms with Crippen LogP contribution >= 0.6 is 63.0 Å². The van der Waals surface area contributed by atoms with Gasteiger partial charge in [0.05, 0.1) is 17.3 Å². The summed E-state index contributed by atoms with van der Waals surface area (Å²) in [5.74, 6) is -0.342. The largest absolute Gasteiger partial charge is 0.488 e. The minimum atomic E-state index is -0.537. The fraction of sp³-hybridized carbons (Fsp3) is 0.115. The number of thiocarbonyl (C=S) groups is 1. The van der Waals surface area contributed by atoms with Gasteiger partial charge < -0.3 is 14.4 Å². The molecule has 0 atom stereocenters. The second-order valence-electron chi connectivity index (χ2n) is 7.81. The van der Waals surface area contributed by atoms with Crippen molar-refractivity contribution in [2.24, 2.45) is 0 Å². The number of hydrogen-bond acceptors (Lipinski definition) is 5. The Balaban J connectivity index is 1.61. The van der Waals surface area contributed by atoms with Gasteiger partial charge in [-0.2, -0.15) is 0 Å². The number of rotatable bonds is 7. The molecule has 0 aromatic heterocycles. The molecular weight excluding hydrogens is 623 g/mol. The first-order chi connectivity index (χ1) is 17.7. The van der Waals surface area contributed by atoms with E-state index >= 15 is 0 Å². The minimum absolute atomic E-state index is 0.155. The molecule has 0 saturated carbocycles. The monoisotopic (exact) mass is 638 g/mol. The van der Waals surface area contributed by atoms with Gasteiger partial charge in [0.25, 0.3) is 5.91 Å². The number of carbonyl (C=O) groups excluding carboxylic acids is 2. The van der Waals surface area contributed by atoms with Crippen LogP contribution in [0.2, 0.25) is 15.1 Å². The molecule has 190 valence electrons. The third kappa shape index (κ3) is 6.27. The molecule has 0 bridgehead atoms. The van der Waals surface area contributed by atoms with Crippen molar-refractivity contribution in [1.82, 2.24) is 4.90 Å². The van der Waals surface area contributed by atoms with E-state index in [1.54, 1.807) is 66.7 Å². The summed E-state index contributed by atoms with van der Waals surface area (Å²) in [6.07, 6.45) is 1.65. The first-order valence-corrected chi connectivity index (χ1v) is 13.1. The summed E-state index contributed by atoms with van der Waals surface area (Å²) in [4.78, 5) is 28.3. The lowest BCUT2D eigenvalue weighted by molar-refractivity contribution is -0.140. The van der Waals surface area contributed by atoms with Crippen molar-refractivity contribution >= 4 is 91.7 Å². The zero-order chi connectivity index (χ0) is 26.7. The standard InChI is InChI=1S/C26H18BrCl3N2O4S/c1-35-24(33)13-31-22(25(34)32(26(31)37)19-7-5-17(28)6-8-19)11-15-2-9-23(20(27)10-15)36-14-16-3-4-18(29)12-21(16)30/h2-12H,13-14H2,1H3/b22-11-. The van der Waals surface area contributed by atoms with Crippen LogP contribution in [0.25, 0.3) is 6.08 Å². The highest BCUT2D eigenvalue weighted by Crippen LogP contribution is 2.33. The number of nitrogens with zero attached hydrogens (tertiary/aromatic N) is 2. The van der Waals surface area contributed by atoms with Gasteiger partial charge in [-0.15, -0.1) is 0 Å². The Morgan fingerprint density at radius 2 is 1.73 bits per heavy atom. The number of amides is 1. The molecule has 0 aliphatic carbocycles. The van der Waals surface area contributed by atoms with Crippen LogP contribution in [0.3, 0.4) is 0 Å². The van der Waals surface area contributed by atoms with Crippen LogP contribution in [-0.2, 0) is 20.9 Å². The molecule has 4 rings (SSSR count). The highest BCUT2D eigenvalue weighted by atomic mass is 79.9. The topological polar surface area (TPSA) is 59.1 Å². The van der Waals surface area contributed by atoms with Crippen LogP contribution in [0, 0.1) is 0 Å². The second kappa shape index (κ2) is 11.8. The summed E-state index contributed by atoms with van der Waals surface area (Å²) in [6, 6.07) is 17.2. The molecule has 1 aliphatic rings. The molecule has 0 unspecified atom stereocenters. The Kier molecular flexibility index (Phi) is 8.77. The van der Waals surface area contributed by atoms with Crippen molar-refractivity contribution in [3.05, 3.63) is 97.0 Å². The number of benzene rings is 3. The van der Waals surface area contributed by atoms with Gasteiger partial charge in [0.1, 0.15) is 24.6 Å². The third-order valence-electron chi connectivity index (χ3n) is 5.39. The molecule has 11 heteroatoms. The molecule has 3 aromatic rings. The van der Waals surface area contributed by atoms with E-state index in [-0.39, 0.29) is 29.9 Å². The fourth-order valence-corrected chi connectivity index (χ4v) is 4.97. The molecule has 0 N–H and O–H groups in total. The van der Waals surface area contributed by atoms with E-state index in [2.05, 4.69) is 15.9 Å². The summed E-state index contributed by atoms with van der Waals surface area (Å²) in [7, 11) is 1.27. The number of hydrogen-bond donors (Lipinski definition) is 0. The van der Waals surface area contributed by atoms with E-state index < -0.39 is 5.97 Å². The van der Waals surface area contributed by atoms with Gasteiger partial charge in [-0.25, -0.2) is 0 Å². The number of halogens is 4. The van der Waals surface area contributed by atoms with E-state index in [9.17, 15) is 9.59 Å². The zero-order valence-corrected chi connectivity index (χ0v) is 23.9. The average molecular weight is 641 g/mol. The lowest BCUT2D eigenvalue weighted by Crippen LogP contribution is -2.35. The first kappa shape index (κ1) is 27.4. The molecule has 1 amide bonds. The predicted molar refractivity (Wildman–Crippen MR) is 153 cm³/mol. The van der Waals surface area contributed by atoms with Gasteiger partial charge in [-0.05, 0) is 88.3 Å². The maximum atomic E-state index is 13.4. The Bertz CT molecular complexity index is 1420. The van der Waals surface area contributed by atoms with E-state index in [0.29, 0.717) is 36.5 Å². The van der Waals surface area contributed by atoms with Crippen molar-refractivity contribution in [2.75, 3.05) is 18.6 Å². The van der Waals surface area contributed by atoms with Crippen LogP contribution in [0.4, 0.5) is 5.69 Å². The minimum Gasteiger partial charge on any atom is -0.488 e. The molecule has 3 aromatic carbocycles. The summed E-state index contributed by atoms with van der Waals surface area (Å²) in [6.45, 7) is 0.0198. The summed E-state index contributed by atoms with van der Waals surface area (Å²) >= 11 is 27.3. The normalized spacial score (nSPS) is 14.5. The van der Waals surface area contributed by atoms with Crippen LogP contribution in [0.1, 0.15) is 11.1 Å². The maximum Gasteiger partial charge on any atom is 0.325 e. The van der Waals surface area contributed by atoms with Gasteiger partial charge in [-0.3, -0.25) is 14.5 Å². The number of esters is 1. The van der Waals surface area contributed by atoms with Crippen LogP contribution in [0.15, 0.2) is 70.8 Å². The summed E-state index contributed by atoms with van der Waals surface area (Å²) < 4.78 is 11.4. The van der Waals surface area contributed by atoms with Gasteiger partial charge in [0, 0.05) is 20.6 Å². The molecule has 1 aliphatic heterocycles. The molecule has 0 spiro atoms. The van der Waals surface area contributed by atoms with Crippen molar-refractivity contribution in [1.29, 1.82) is 0 Å². The predicted octanol–water partition coefficient (Wildman–Crippen LogP) is 7.14. The quantitative estimate of drug-likeness (QED) is 0.156. The Morgan fingerprint density at radius 3 is 2.38 bits per heavy atom. The second-order valence-corrected chi connectivity index (χ2v) is 10.3. The van der Waals surface area contributed by atoms with Crippen LogP contribution in [-0.4, -0.2) is 35.5 Å². The SMILES string of the molecule is COC(=O)CN1C(=S)N(c2ccc(Cl)cc2)C(=O)/C1=C/c1ccc(OCc2ccc(Cl)cc2Cl)c(Br)c1. The van der Waals surface area contributed by atoms with Gasteiger partial charge in [0.15, 0.2) is 5.11 Å². The van der Waals surface area contributed by atoms with Gasteiger partial charge >= 0.3 is 5.97 Å². The van der Waals surface area contributed by atoms with E-state index in [4.69, 9.17) is 56.5 Å². The Labute approximate surface area is 242 Å². The number of ether oxygens (including phenoxy) is 2. The molecule has 1 fully saturated rings. The molecular formula is C26H18BrCl3N2O4S. The van der Waals surface area contributed by atoms with Gasteiger partial charge in [-0.1, -0.05) is 46.9 Å². The summed E-state index contributed by atoms with van der Waals surface area (Å²) in [5, 5.41) is 1.73. The molecule has 37 heavy (non-hydrogen) atoms. The van der Waals surface area contributed by atoms with Crippen LogP contribution < -0.4 is 9.64 Å². The van der Waals surface area contributed by atoms with Crippen molar-refractivity contribution in [3.8, 4) is 5.75 Å². The summed E-state index contributed by atoms with van der Waals surface area (Å²) in [5.41, 5.74) is 2.22. The van der Waals surface area contributed by atoms with E-state index in [0.717, 1.165) is 5.56 Å². The number of carbonyl (C=O) groups is 2.